The van der Waals surface area contributed by atoms with Crippen LogP contribution in [0.4, 0.5) is 22.0 Å². The Balaban J connectivity index is 1.75. The van der Waals surface area contributed by atoms with Gasteiger partial charge < -0.3 is 14.9 Å². The van der Waals surface area contributed by atoms with Gasteiger partial charge in [0.2, 0.25) is 0 Å². The Morgan fingerprint density at radius 2 is 1.69 bits per heavy atom. The number of aryl methyl sites for hydroxylation is 2. The number of halogens is 5. The van der Waals surface area contributed by atoms with E-state index >= 15 is 0 Å². The summed E-state index contributed by atoms with van der Waals surface area (Å²) in [5.41, 5.74) is 5.73. The Hall–Kier alpha value is -5.05. The Morgan fingerprint density at radius 1 is 1.00 bits per heavy atom. The van der Waals surface area contributed by atoms with Crippen LogP contribution >= 0.6 is 0 Å². The van der Waals surface area contributed by atoms with Crippen LogP contribution < -0.4 is 10.5 Å². The number of nitrogens with two attached hydrogens (primary N) is 1. The second-order valence-electron chi connectivity index (χ2n) is 9.97. The minimum atomic E-state index is -4.09. The lowest BCUT2D eigenvalue weighted by Gasteiger charge is -2.13. The summed E-state index contributed by atoms with van der Waals surface area (Å²) < 4.78 is 105. The molecule has 2 heterocycles. The van der Waals surface area contributed by atoms with E-state index in [1.54, 1.807) is 30.3 Å². The van der Waals surface area contributed by atoms with Crippen molar-refractivity contribution in [2.75, 3.05) is 6.26 Å². The average molecular weight is 647 g/mol. The van der Waals surface area contributed by atoms with Crippen LogP contribution in [-0.4, -0.2) is 42.0 Å². The predicted molar refractivity (Wildman–Crippen MR) is 153 cm³/mol. The van der Waals surface area contributed by atoms with E-state index in [-0.39, 0.29) is 44.6 Å². The molecule has 0 aliphatic carbocycles. The number of sulfone groups is 1. The fourth-order valence-electron chi connectivity index (χ4n) is 4.69. The molecule has 1 amide bonds. The summed E-state index contributed by atoms with van der Waals surface area (Å²) in [5, 5.41) is 3.79. The number of rotatable bonds is 9. The second kappa shape index (κ2) is 11.5. The third-order valence-electron chi connectivity index (χ3n) is 6.80. The van der Waals surface area contributed by atoms with Gasteiger partial charge >= 0.3 is 12.5 Å². The first-order valence-corrected chi connectivity index (χ1v) is 14.8. The molecule has 5 rings (SSSR count). The van der Waals surface area contributed by atoms with E-state index in [1.165, 1.54) is 32.2 Å². The smallest absolute Gasteiger partial charge is 0.387 e. The minimum Gasteiger partial charge on any atom is -0.440 e. The van der Waals surface area contributed by atoms with E-state index in [9.17, 15) is 35.2 Å². The van der Waals surface area contributed by atoms with Crippen molar-refractivity contribution in [1.82, 2.24) is 14.8 Å². The molecule has 0 radical (unpaired) electrons. The zero-order valence-electron chi connectivity index (χ0n) is 23.7. The number of carbonyl (C=O) groups is 1. The Kier molecular flexibility index (Phi) is 7.99. The first-order valence-electron chi connectivity index (χ1n) is 13.0. The highest BCUT2D eigenvalue weighted by Gasteiger charge is 2.42. The van der Waals surface area contributed by atoms with Crippen molar-refractivity contribution in [3.05, 3.63) is 84.1 Å². The number of alkyl halides is 4. The molecule has 2 N–H and O–H groups in total. The van der Waals surface area contributed by atoms with Crippen molar-refractivity contribution < 1.29 is 44.3 Å². The quantitative estimate of drug-likeness (QED) is 0.191. The minimum absolute atomic E-state index is 0.0370. The van der Waals surface area contributed by atoms with Gasteiger partial charge in [0.15, 0.2) is 33.1 Å². The number of nitrogens with zero attached hydrogens (tertiary/aromatic N) is 3. The molecular formula is C30H23F5N4O5S. The number of hydrogen-bond acceptors (Lipinski definition) is 7. The molecule has 5 aromatic rings. The summed E-state index contributed by atoms with van der Waals surface area (Å²) in [4.78, 5) is 15.9. The number of amides is 1. The molecule has 0 bridgehead atoms. The van der Waals surface area contributed by atoms with Gasteiger partial charge in [-0.3, -0.25) is 9.48 Å². The van der Waals surface area contributed by atoms with Crippen LogP contribution in [0.5, 0.6) is 5.75 Å². The van der Waals surface area contributed by atoms with Gasteiger partial charge in [-0.05, 0) is 53.6 Å². The van der Waals surface area contributed by atoms with Gasteiger partial charge in [0.25, 0.3) is 5.91 Å². The van der Waals surface area contributed by atoms with E-state index in [1.807, 2.05) is 0 Å². The van der Waals surface area contributed by atoms with Crippen molar-refractivity contribution >= 4 is 15.7 Å². The molecular weight excluding hydrogens is 623 g/mol. The van der Waals surface area contributed by atoms with Crippen LogP contribution in [0.25, 0.3) is 45.0 Å². The summed E-state index contributed by atoms with van der Waals surface area (Å²) in [6.07, 6.45) is 1.06. The normalized spacial score (nSPS) is 12.1. The maximum atomic E-state index is 14.7. The van der Waals surface area contributed by atoms with Crippen molar-refractivity contribution in [1.29, 1.82) is 0 Å². The maximum absolute atomic E-state index is 14.7. The lowest BCUT2D eigenvalue weighted by atomic mass is 9.94. The van der Waals surface area contributed by atoms with Gasteiger partial charge in [-0.15, -0.1) is 0 Å². The summed E-state index contributed by atoms with van der Waals surface area (Å²) in [7, 11) is -2.20. The number of primary amides is 1. The molecule has 0 saturated carbocycles. The van der Waals surface area contributed by atoms with Crippen LogP contribution in [0.15, 0.2) is 76.0 Å². The number of hydrogen-bond donors (Lipinski definition) is 1. The van der Waals surface area contributed by atoms with Crippen LogP contribution in [-0.2, 0) is 27.6 Å². The van der Waals surface area contributed by atoms with Crippen LogP contribution in [0, 0.1) is 12.7 Å². The fourth-order valence-corrected chi connectivity index (χ4v) is 5.35. The fraction of sp³-hybridized carbons (Fsp3) is 0.167. The van der Waals surface area contributed by atoms with Gasteiger partial charge in [0.1, 0.15) is 11.4 Å². The van der Waals surface area contributed by atoms with Crippen LogP contribution in [0.2, 0.25) is 0 Å². The summed E-state index contributed by atoms with van der Waals surface area (Å²) in [6, 6.07) is 15.0. The summed E-state index contributed by atoms with van der Waals surface area (Å²) >= 11 is 0. The topological polar surface area (TPSA) is 130 Å². The third-order valence-corrected chi connectivity index (χ3v) is 7.91. The lowest BCUT2D eigenvalue weighted by Crippen LogP contribution is -2.33. The highest BCUT2D eigenvalue weighted by atomic mass is 32.2. The molecule has 0 spiro atoms. The largest absolute Gasteiger partial charge is 0.440 e. The zero-order valence-corrected chi connectivity index (χ0v) is 24.5. The summed E-state index contributed by atoms with van der Waals surface area (Å²) in [5.74, 6) is -7.62. The molecule has 0 atom stereocenters. The molecule has 0 aliphatic rings. The van der Waals surface area contributed by atoms with Crippen molar-refractivity contribution in [2.24, 2.45) is 12.8 Å². The van der Waals surface area contributed by atoms with E-state index in [2.05, 4.69) is 14.8 Å². The SMILES string of the molecule is Cc1nc(-c2ccc(OC(F)F)c(F)c2)c(-c2cc(-c3cccc(S(C)(=O)=O)c3)ccc2-c2cc(C(F)(F)C(N)=O)nn2C)o1. The van der Waals surface area contributed by atoms with E-state index < -0.39 is 45.5 Å². The Labute approximate surface area is 253 Å². The van der Waals surface area contributed by atoms with Gasteiger partial charge in [-0.1, -0.05) is 24.3 Å². The molecule has 3 aromatic carbocycles. The molecule has 45 heavy (non-hydrogen) atoms. The molecule has 0 aliphatic heterocycles. The number of oxazole rings is 1. The molecule has 0 unspecified atom stereocenters. The maximum Gasteiger partial charge on any atom is 0.387 e. The van der Waals surface area contributed by atoms with Crippen LogP contribution in [0.1, 0.15) is 11.6 Å². The highest BCUT2D eigenvalue weighted by molar-refractivity contribution is 7.90. The molecule has 234 valence electrons. The Bertz CT molecular complexity index is 2060. The lowest BCUT2D eigenvalue weighted by molar-refractivity contribution is -0.143. The average Bonchev–Trinajstić information content (AvgIpc) is 3.56. The van der Waals surface area contributed by atoms with Crippen molar-refractivity contribution in [2.45, 2.75) is 24.4 Å². The van der Waals surface area contributed by atoms with Gasteiger partial charge in [0, 0.05) is 36.9 Å². The molecule has 9 nitrogen and oxygen atoms in total. The van der Waals surface area contributed by atoms with Crippen molar-refractivity contribution in [3.63, 3.8) is 0 Å². The monoisotopic (exact) mass is 646 g/mol. The predicted octanol–water partition coefficient (Wildman–Crippen LogP) is 6.11. The second-order valence-corrected chi connectivity index (χ2v) is 12.0. The first-order chi connectivity index (χ1) is 21.1. The van der Waals surface area contributed by atoms with Gasteiger partial charge in [-0.2, -0.15) is 22.7 Å². The molecule has 15 heteroatoms. The zero-order chi connectivity index (χ0) is 32.8. The molecule has 0 fully saturated rings. The highest BCUT2D eigenvalue weighted by Crippen LogP contribution is 2.42. The standard InChI is InChI=1S/C30H23F5N4O5S/c1-15-37-26(18-8-10-24(22(31)13-18)44-29(32)33)27(43-15)21-12-17(16-5-4-6-19(11-16)45(3,41)42)7-9-20(21)23-14-25(38-39(23)2)30(34,35)28(36)40/h4-14,29H,1-3H3,(H2,36,40). The molecule has 0 saturated heterocycles. The van der Waals surface area contributed by atoms with E-state index in [0.717, 1.165) is 29.1 Å². The van der Waals surface area contributed by atoms with Crippen LogP contribution in [0.3, 0.4) is 0 Å². The first kappa shape index (κ1) is 31.4. The number of benzene rings is 3. The molecule has 2 aromatic heterocycles. The van der Waals surface area contributed by atoms with Gasteiger partial charge in [0.05, 0.1) is 10.6 Å². The number of ether oxygens (including phenoxy) is 1. The third kappa shape index (κ3) is 6.16. The van der Waals surface area contributed by atoms with Gasteiger partial charge in [-0.25, -0.2) is 17.8 Å². The number of carbonyl (C=O) groups excluding carboxylic acids is 1. The van der Waals surface area contributed by atoms with Crippen molar-refractivity contribution in [3.8, 4) is 50.7 Å². The Morgan fingerprint density at radius 3 is 2.33 bits per heavy atom. The summed E-state index contributed by atoms with van der Waals surface area (Å²) in [6.45, 7) is -1.75. The number of aromatic nitrogens is 3. The van der Waals surface area contributed by atoms with E-state index in [0.29, 0.717) is 11.1 Å². The van der Waals surface area contributed by atoms with E-state index in [4.69, 9.17) is 10.2 Å².